The second-order valence-electron chi connectivity index (χ2n) is 9.84. The Kier molecular flexibility index (Phi) is 5.53. The van der Waals surface area contributed by atoms with Crippen LogP contribution in [0.15, 0.2) is 60.7 Å². The van der Waals surface area contributed by atoms with Crippen molar-refractivity contribution in [3.63, 3.8) is 0 Å². The highest BCUT2D eigenvalue weighted by atomic mass is 16.2. The molecule has 4 bridgehead atoms. The van der Waals surface area contributed by atoms with Gasteiger partial charge in [0, 0.05) is 5.54 Å². The SMILES string of the molecule is O=C(CNC(c1ccccc1)c1ccccc1)NC(=O)NC12CC3CC(CC(C3)C1)C2. The van der Waals surface area contributed by atoms with Gasteiger partial charge >= 0.3 is 6.03 Å². The van der Waals surface area contributed by atoms with Crippen LogP contribution in [0.5, 0.6) is 0 Å². The molecule has 0 aromatic heterocycles. The molecule has 31 heavy (non-hydrogen) atoms. The molecule has 0 radical (unpaired) electrons. The molecule has 4 saturated carbocycles. The molecule has 162 valence electrons. The highest BCUT2D eigenvalue weighted by Gasteiger charge is 2.51. The lowest BCUT2D eigenvalue weighted by atomic mass is 9.53. The van der Waals surface area contributed by atoms with Crippen LogP contribution in [-0.2, 0) is 4.79 Å². The second-order valence-corrected chi connectivity index (χ2v) is 9.84. The highest BCUT2D eigenvalue weighted by molar-refractivity contribution is 5.95. The van der Waals surface area contributed by atoms with E-state index in [-0.39, 0.29) is 30.1 Å². The molecule has 0 aliphatic heterocycles. The molecule has 0 spiro atoms. The summed E-state index contributed by atoms with van der Waals surface area (Å²) in [5, 5.41) is 9.09. The molecule has 2 aromatic carbocycles. The van der Waals surface area contributed by atoms with Crippen molar-refractivity contribution >= 4 is 11.9 Å². The standard InChI is InChI=1S/C26H31N3O2/c30-23(17-27-24(21-7-3-1-4-8-21)22-9-5-2-6-10-22)28-25(31)29-26-14-18-11-19(15-26)13-20(12-18)16-26/h1-10,18-20,24,27H,11-17H2,(H2,28,29,30,31). The third-order valence-electron chi connectivity index (χ3n) is 7.40. The van der Waals surface area contributed by atoms with Crippen molar-refractivity contribution in [2.24, 2.45) is 17.8 Å². The summed E-state index contributed by atoms with van der Waals surface area (Å²) in [5.74, 6) is 1.95. The molecule has 3 amide bonds. The molecule has 5 nitrogen and oxygen atoms in total. The van der Waals surface area contributed by atoms with E-state index < -0.39 is 0 Å². The van der Waals surface area contributed by atoms with Gasteiger partial charge in [-0.2, -0.15) is 0 Å². The monoisotopic (exact) mass is 417 g/mol. The van der Waals surface area contributed by atoms with Gasteiger partial charge in [0.1, 0.15) is 0 Å². The van der Waals surface area contributed by atoms with E-state index in [1.165, 1.54) is 19.3 Å². The van der Waals surface area contributed by atoms with Crippen LogP contribution in [0.3, 0.4) is 0 Å². The fourth-order valence-electron chi connectivity index (χ4n) is 6.62. The van der Waals surface area contributed by atoms with E-state index in [0.717, 1.165) is 48.1 Å². The normalized spacial score (nSPS) is 28.5. The average Bonchev–Trinajstić information content (AvgIpc) is 2.74. The summed E-state index contributed by atoms with van der Waals surface area (Å²) in [5.41, 5.74) is 2.07. The van der Waals surface area contributed by atoms with E-state index in [0.29, 0.717) is 0 Å². The molecular weight excluding hydrogens is 386 g/mol. The lowest BCUT2D eigenvalue weighted by Crippen LogP contribution is -2.62. The molecule has 0 unspecified atom stereocenters. The number of hydrogen-bond acceptors (Lipinski definition) is 3. The van der Waals surface area contributed by atoms with Gasteiger partial charge in [0.25, 0.3) is 0 Å². The molecular formula is C26H31N3O2. The number of carbonyl (C=O) groups excluding carboxylic acids is 2. The van der Waals surface area contributed by atoms with Crippen molar-refractivity contribution in [3.05, 3.63) is 71.8 Å². The smallest absolute Gasteiger partial charge is 0.321 e. The van der Waals surface area contributed by atoms with Gasteiger partial charge in [-0.15, -0.1) is 0 Å². The summed E-state index contributed by atoms with van der Waals surface area (Å²) in [4.78, 5) is 25.2. The van der Waals surface area contributed by atoms with Gasteiger partial charge in [-0.1, -0.05) is 60.7 Å². The fourth-order valence-corrected chi connectivity index (χ4v) is 6.62. The Morgan fingerprint density at radius 2 is 1.29 bits per heavy atom. The summed E-state index contributed by atoms with van der Waals surface area (Å²) < 4.78 is 0. The first-order valence-electron chi connectivity index (χ1n) is 11.5. The molecule has 0 saturated heterocycles. The number of nitrogens with one attached hydrogen (secondary N) is 3. The van der Waals surface area contributed by atoms with Gasteiger partial charge in [-0.25, -0.2) is 4.79 Å². The van der Waals surface area contributed by atoms with Crippen LogP contribution in [0.1, 0.15) is 55.7 Å². The van der Waals surface area contributed by atoms with E-state index in [4.69, 9.17) is 0 Å². The van der Waals surface area contributed by atoms with E-state index in [9.17, 15) is 9.59 Å². The molecule has 2 aromatic rings. The summed E-state index contributed by atoms with van der Waals surface area (Å²) in [6.45, 7) is 0.0722. The van der Waals surface area contributed by atoms with Crippen LogP contribution in [0.4, 0.5) is 4.79 Å². The zero-order valence-corrected chi connectivity index (χ0v) is 17.8. The van der Waals surface area contributed by atoms with Crippen molar-refractivity contribution in [3.8, 4) is 0 Å². The molecule has 5 heteroatoms. The van der Waals surface area contributed by atoms with Crippen LogP contribution in [0, 0.1) is 17.8 Å². The fraction of sp³-hybridized carbons (Fsp3) is 0.462. The Balaban J connectivity index is 1.18. The van der Waals surface area contributed by atoms with Gasteiger partial charge in [0.15, 0.2) is 0 Å². The first-order valence-corrected chi connectivity index (χ1v) is 11.5. The maximum atomic E-state index is 12.7. The lowest BCUT2D eigenvalue weighted by molar-refractivity contribution is -0.119. The van der Waals surface area contributed by atoms with Crippen LogP contribution in [-0.4, -0.2) is 24.0 Å². The number of urea groups is 1. The quantitative estimate of drug-likeness (QED) is 0.661. The van der Waals surface area contributed by atoms with Gasteiger partial charge < -0.3 is 5.32 Å². The van der Waals surface area contributed by atoms with Crippen LogP contribution >= 0.6 is 0 Å². The average molecular weight is 418 g/mol. The van der Waals surface area contributed by atoms with E-state index in [1.807, 2.05) is 60.7 Å². The number of rotatable bonds is 6. The van der Waals surface area contributed by atoms with E-state index >= 15 is 0 Å². The van der Waals surface area contributed by atoms with Crippen LogP contribution in [0.2, 0.25) is 0 Å². The predicted molar refractivity (Wildman–Crippen MR) is 120 cm³/mol. The zero-order valence-electron chi connectivity index (χ0n) is 17.8. The molecule has 4 fully saturated rings. The van der Waals surface area contributed by atoms with Crippen molar-refractivity contribution in [2.75, 3.05) is 6.54 Å². The highest BCUT2D eigenvalue weighted by Crippen LogP contribution is 2.55. The van der Waals surface area contributed by atoms with Gasteiger partial charge in [0.2, 0.25) is 5.91 Å². The first-order chi connectivity index (χ1) is 15.1. The van der Waals surface area contributed by atoms with Crippen LogP contribution < -0.4 is 16.0 Å². The number of imide groups is 1. The predicted octanol–water partition coefficient (Wildman–Crippen LogP) is 4.16. The summed E-state index contributed by atoms with van der Waals surface area (Å²) in [7, 11) is 0. The summed E-state index contributed by atoms with van der Waals surface area (Å²) >= 11 is 0. The lowest BCUT2D eigenvalue weighted by Gasteiger charge is -2.56. The largest absolute Gasteiger partial charge is 0.332 e. The van der Waals surface area contributed by atoms with E-state index in [2.05, 4.69) is 16.0 Å². The second kappa shape index (κ2) is 8.46. The van der Waals surface area contributed by atoms with Gasteiger partial charge in [0.05, 0.1) is 12.6 Å². The maximum Gasteiger partial charge on any atom is 0.321 e. The molecule has 3 N–H and O–H groups in total. The van der Waals surface area contributed by atoms with Crippen molar-refractivity contribution < 1.29 is 9.59 Å². The van der Waals surface area contributed by atoms with Crippen LogP contribution in [0.25, 0.3) is 0 Å². The van der Waals surface area contributed by atoms with Gasteiger partial charge in [-0.3, -0.25) is 15.4 Å². The Morgan fingerprint density at radius 3 is 1.77 bits per heavy atom. The van der Waals surface area contributed by atoms with Crippen molar-refractivity contribution in [1.29, 1.82) is 0 Å². The molecule has 4 aliphatic rings. The Morgan fingerprint density at radius 1 is 0.806 bits per heavy atom. The summed E-state index contributed by atoms with van der Waals surface area (Å²) in [6.07, 6.45) is 7.19. The topological polar surface area (TPSA) is 70.2 Å². The third kappa shape index (κ3) is 4.52. The van der Waals surface area contributed by atoms with Crippen molar-refractivity contribution in [1.82, 2.24) is 16.0 Å². The Hall–Kier alpha value is -2.66. The number of amides is 3. The van der Waals surface area contributed by atoms with Crippen molar-refractivity contribution in [2.45, 2.75) is 50.1 Å². The number of benzene rings is 2. The molecule has 4 aliphatic carbocycles. The first kappa shape index (κ1) is 20.3. The number of hydrogen-bond donors (Lipinski definition) is 3. The Labute approximate surface area is 184 Å². The summed E-state index contributed by atoms with van der Waals surface area (Å²) in [6, 6.07) is 19.6. The molecule has 0 heterocycles. The third-order valence-corrected chi connectivity index (χ3v) is 7.40. The minimum atomic E-state index is -0.343. The minimum Gasteiger partial charge on any atom is -0.332 e. The Bertz CT molecular complexity index is 853. The minimum absolute atomic E-state index is 0.0722. The zero-order chi connectivity index (χ0) is 21.3. The molecule has 6 rings (SSSR count). The van der Waals surface area contributed by atoms with Gasteiger partial charge in [-0.05, 0) is 67.4 Å². The number of carbonyl (C=O) groups is 2. The van der Waals surface area contributed by atoms with E-state index in [1.54, 1.807) is 0 Å². The molecule has 0 atom stereocenters. The maximum absolute atomic E-state index is 12.7.